The van der Waals surface area contributed by atoms with Gasteiger partial charge in [-0.15, -0.1) is 0 Å². The van der Waals surface area contributed by atoms with Crippen LogP contribution in [0.25, 0.3) is 0 Å². The second-order valence-corrected chi connectivity index (χ2v) is 4.49. The molecule has 0 bridgehead atoms. The van der Waals surface area contributed by atoms with Crippen LogP contribution < -0.4 is 5.32 Å². The maximum Gasteiger partial charge on any atom is 0.311 e. The van der Waals surface area contributed by atoms with Crippen molar-refractivity contribution < 1.29 is 10.0 Å². The Labute approximate surface area is 99.8 Å². The van der Waals surface area contributed by atoms with Crippen LogP contribution in [0.1, 0.15) is 20.8 Å². The van der Waals surface area contributed by atoms with E-state index in [9.17, 15) is 15.2 Å². The van der Waals surface area contributed by atoms with E-state index in [-0.39, 0.29) is 24.0 Å². The third-order valence-electron chi connectivity index (χ3n) is 2.84. The number of hydrogen-bond donors (Lipinski definition) is 2. The zero-order chi connectivity index (χ0) is 13.1. The molecule has 0 aliphatic carbocycles. The van der Waals surface area contributed by atoms with Gasteiger partial charge in [-0.1, -0.05) is 13.8 Å². The molecule has 1 aromatic rings. The number of anilines is 1. The molecule has 6 nitrogen and oxygen atoms in total. The SMILES string of the molecule is CC(C)C(C)(O)CNc1ncccc1[N+](=O)[O-]. The first-order valence-electron chi connectivity index (χ1n) is 5.40. The van der Waals surface area contributed by atoms with Crippen molar-refractivity contribution in [3.63, 3.8) is 0 Å². The topological polar surface area (TPSA) is 88.3 Å². The number of aromatic nitrogens is 1. The molecular weight excluding hydrogens is 222 g/mol. The lowest BCUT2D eigenvalue weighted by molar-refractivity contribution is -0.384. The van der Waals surface area contributed by atoms with Crippen LogP contribution >= 0.6 is 0 Å². The number of nitrogens with one attached hydrogen (secondary N) is 1. The first-order chi connectivity index (χ1) is 7.84. The summed E-state index contributed by atoms with van der Waals surface area (Å²) in [6.07, 6.45) is 1.47. The Hall–Kier alpha value is -1.69. The Morgan fingerprint density at radius 2 is 2.29 bits per heavy atom. The van der Waals surface area contributed by atoms with Crippen molar-refractivity contribution in [1.82, 2.24) is 4.98 Å². The molecule has 6 heteroatoms. The average Bonchev–Trinajstić information content (AvgIpc) is 2.26. The molecule has 0 saturated carbocycles. The minimum absolute atomic E-state index is 0.0396. The highest BCUT2D eigenvalue weighted by Crippen LogP contribution is 2.22. The molecule has 1 rings (SSSR count). The molecule has 1 heterocycles. The quantitative estimate of drug-likeness (QED) is 0.604. The molecule has 0 spiro atoms. The molecule has 1 atom stereocenters. The lowest BCUT2D eigenvalue weighted by Crippen LogP contribution is -2.39. The number of pyridine rings is 1. The van der Waals surface area contributed by atoms with E-state index < -0.39 is 10.5 Å². The standard InChI is InChI=1S/C11H17N3O3/c1-8(2)11(3,15)7-13-10-9(14(16)17)5-4-6-12-10/h4-6,8,15H,7H2,1-3H3,(H,12,13). The summed E-state index contributed by atoms with van der Waals surface area (Å²) in [5, 5.41) is 23.6. The Balaban J connectivity index is 2.79. The first-order valence-corrected chi connectivity index (χ1v) is 5.40. The van der Waals surface area contributed by atoms with E-state index in [0.717, 1.165) is 0 Å². The average molecular weight is 239 g/mol. The van der Waals surface area contributed by atoms with Gasteiger partial charge in [-0.05, 0) is 18.9 Å². The Kier molecular flexibility index (Phi) is 4.01. The zero-order valence-corrected chi connectivity index (χ0v) is 10.2. The number of aliphatic hydroxyl groups is 1. The summed E-state index contributed by atoms with van der Waals surface area (Å²) in [5.74, 6) is 0.219. The van der Waals surface area contributed by atoms with Crippen molar-refractivity contribution in [3.05, 3.63) is 28.4 Å². The molecule has 0 saturated heterocycles. The largest absolute Gasteiger partial charge is 0.388 e. The van der Waals surface area contributed by atoms with Crippen LogP contribution in [-0.4, -0.2) is 27.2 Å². The lowest BCUT2D eigenvalue weighted by atomic mass is 9.92. The van der Waals surface area contributed by atoms with Crippen molar-refractivity contribution >= 4 is 11.5 Å². The van der Waals surface area contributed by atoms with Crippen LogP contribution in [-0.2, 0) is 0 Å². The van der Waals surface area contributed by atoms with E-state index in [2.05, 4.69) is 10.3 Å². The molecular formula is C11H17N3O3. The monoisotopic (exact) mass is 239 g/mol. The molecule has 0 fully saturated rings. The van der Waals surface area contributed by atoms with Crippen LogP contribution in [0, 0.1) is 16.0 Å². The summed E-state index contributed by atoms with van der Waals surface area (Å²) in [4.78, 5) is 14.1. The molecule has 17 heavy (non-hydrogen) atoms. The fraction of sp³-hybridized carbons (Fsp3) is 0.545. The van der Waals surface area contributed by atoms with E-state index in [1.807, 2.05) is 13.8 Å². The van der Waals surface area contributed by atoms with E-state index in [1.54, 1.807) is 6.92 Å². The molecule has 94 valence electrons. The van der Waals surface area contributed by atoms with Crippen molar-refractivity contribution in [1.29, 1.82) is 0 Å². The van der Waals surface area contributed by atoms with E-state index in [4.69, 9.17) is 0 Å². The van der Waals surface area contributed by atoms with E-state index in [0.29, 0.717) is 0 Å². The summed E-state index contributed by atoms with van der Waals surface area (Å²) >= 11 is 0. The number of rotatable bonds is 5. The van der Waals surface area contributed by atoms with Gasteiger partial charge in [0.2, 0.25) is 5.82 Å². The molecule has 0 radical (unpaired) electrons. The molecule has 0 amide bonds. The highest BCUT2D eigenvalue weighted by atomic mass is 16.6. The molecule has 0 aliphatic heterocycles. The van der Waals surface area contributed by atoms with Gasteiger partial charge >= 0.3 is 5.69 Å². The number of nitro groups is 1. The van der Waals surface area contributed by atoms with Gasteiger partial charge in [0.1, 0.15) is 0 Å². The van der Waals surface area contributed by atoms with Gasteiger partial charge in [0.05, 0.1) is 10.5 Å². The summed E-state index contributed by atoms with van der Waals surface area (Å²) in [7, 11) is 0. The van der Waals surface area contributed by atoms with Crippen LogP contribution in [0.5, 0.6) is 0 Å². The minimum atomic E-state index is -0.939. The van der Waals surface area contributed by atoms with Crippen LogP contribution in [0.3, 0.4) is 0 Å². The van der Waals surface area contributed by atoms with Gasteiger partial charge in [-0.3, -0.25) is 10.1 Å². The second-order valence-electron chi connectivity index (χ2n) is 4.49. The highest BCUT2D eigenvalue weighted by Gasteiger charge is 2.26. The Morgan fingerprint density at radius 1 is 1.65 bits per heavy atom. The Bertz CT molecular complexity index is 405. The van der Waals surface area contributed by atoms with E-state index >= 15 is 0 Å². The maximum absolute atomic E-state index is 10.7. The molecule has 0 aromatic carbocycles. The third-order valence-corrected chi connectivity index (χ3v) is 2.84. The van der Waals surface area contributed by atoms with Gasteiger partial charge in [0, 0.05) is 18.8 Å². The minimum Gasteiger partial charge on any atom is -0.388 e. The second kappa shape index (κ2) is 5.09. The number of nitrogens with zero attached hydrogens (tertiary/aromatic N) is 2. The predicted octanol–water partition coefficient (Wildman–Crippen LogP) is 1.81. The van der Waals surface area contributed by atoms with Crippen LogP contribution in [0.4, 0.5) is 11.5 Å². The summed E-state index contributed by atoms with van der Waals surface area (Å²) in [5.41, 5.74) is -1.03. The predicted molar refractivity (Wildman–Crippen MR) is 64.8 cm³/mol. The van der Waals surface area contributed by atoms with Crippen LogP contribution in [0.2, 0.25) is 0 Å². The molecule has 0 aliphatic rings. The summed E-state index contributed by atoms with van der Waals surface area (Å²) < 4.78 is 0. The maximum atomic E-state index is 10.7. The lowest BCUT2D eigenvalue weighted by Gasteiger charge is -2.27. The van der Waals surface area contributed by atoms with Gasteiger partial charge in [0.25, 0.3) is 0 Å². The molecule has 1 aromatic heterocycles. The fourth-order valence-electron chi connectivity index (χ4n) is 1.15. The van der Waals surface area contributed by atoms with Crippen LogP contribution in [0.15, 0.2) is 18.3 Å². The van der Waals surface area contributed by atoms with Crippen molar-refractivity contribution in [2.24, 2.45) is 5.92 Å². The summed E-state index contributed by atoms with van der Waals surface area (Å²) in [6.45, 7) is 5.66. The third kappa shape index (κ3) is 3.39. The Morgan fingerprint density at radius 3 is 2.82 bits per heavy atom. The van der Waals surface area contributed by atoms with Gasteiger partial charge in [-0.25, -0.2) is 4.98 Å². The molecule has 2 N–H and O–H groups in total. The molecule has 1 unspecified atom stereocenters. The van der Waals surface area contributed by atoms with Crippen molar-refractivity contribution in [2.75, 3.05) is 11.9 Å². The fourth-order valence-corrected chi connectivity index (χ4v) is 1.15. The normalized spacial score (nSPS) is 14.4. The van der Waals surface area contributed by atoms with Gasteiger partial charge in [0.15, 0.2) is 0 Å². The van der Waals surface area contributed by atoms with E-state index in [1.165, 1.54) is 18.3 Å². The highest BCUT2D eigenvalue weighted by molar-refractivity contribution is 5.55. The zero-order valence-electron chi connectivity index (χ0n) is 10.2. The number of hydrogen-bond acceptors (Lipinski definition) is 5. The first kappa shape index (κ1) is 13.4. The summed E-state index contributed by atoms with van der Waals surface area (Å²) in [6, 6.07) is 2.88. The van der Waals surface area contributed by atoms with Crippen molar-refractivity contribution in [3.8, 4) is 0 Å². The van der Waals surface area contributed by atoms with Gasteiger partial charge < -0.3 is 10.4 Å². The van der Waals surface area contributed by atoms with Gasteiger partial charge in [-0.2, -0.15) is 0 Å². The van der Waals surface area contributed by atoms with Crippen molar-refractivity contribution in [2.45, 2.75) is 26.4 Å². The smallest absolute Gasteiger partial charge is 0.311 e.